The van der Waals surface area contributed by atoms with Crippen LogP contribution in [0.25, 0.3) is 11.3 Å². The number of amides is 1. The van der Waals surface area contributed by atoms with Crippen LogP contribution >= 0.6 is 11.3 Å². The van der Waals surface area contributed by atoms with Crippen molar-refractivity contribution in [2.24, 2.45) is 0 Å². The molecule has 0 atom stereocenters. The second kappa shape index (κ2) is 9.15. The van der Waals surface area contributed by atoms with Crippen LogP contribution < -0.4 is 10.1 Å². The highest BCUT2D eigenvalue weighted by Gasteiger charge is 2.08. The third kappa shape index (κ3) is 5.17. The van der Waals surface area contributed by atoms with Crippen LogP contribution in [-0.4, -0.2) is 24.5 Å². The van der Waals surface area contributed by atoms with E-state index in [-0.39, 0.29) is 5.91 Å². The lowest BCUT2D eigenvalue weighted by Gasteiger charge is -2.04. The standard InChI is InChI=1S/C21H22N2O2S/c1-25-18-9-7-17(8-10-18)19-15-26-21(23-19)12-11-20(24)22-14-13-16-5-3-2-4-6-16/h2-10,15H,11-14H2,1H3,(H,22,24). The highest BCUT2D eigenvalue weighted by atomic mass is 32.1. The molecule has 3 aromatic rings. The molecule has 0 aliphatic rings. The first-order valence-electron chi connectivity index (χ1n) is 8.64. The molecule has 0 saturated heterocycles. The van der Waals surface area contributed by atoms with Crippen molar-refractivity contribution in [1.29, 1.82) is 0 Å². The van der Waals surface area contributed by atoms with Gasteiger partial charge in [-0.3, -0.25) is 4.79 Å². The smallest absolute Gasteiger partial charge is 0.220 e. The summed E-state index contributed by atoms with van der Waals surface area (Å²) in [4.78, 5) is 16.6. The van der Waals surface area contributed by atoms with Gasteiger partial charge in [0.2, 0.25) is 5.91 Å². The summed E-state index contributed by atoms with van der Waals surface area (Å²) in [5, 5.41) is 5.99. The van der Waals surface area contributed by atoms with Crippen molar-refractivity contribution < 1.29 is 9.53 Å². The topological polar surface area (TPSA) is 51.2 Å². The van der Waals surface area contributed by atoms with Gasteiger partial charge in [0.05, 0.1) is 17.8 Å². The molecule has 1 aromatic heterocycles. The predicted molar refractivity (Wildman–Crippen MR) is 106 cm³/mol. The number of benzene rings is 2. The maximum atomic E-state index is 12.0. The van der Waals surface area contributed by atoms with Gasteiger partial charge in [-0.1, -0.05) is 30.3 Å². The lowest BCUT2D eigenvalue weighted by atomic mass is 10.1. The van der Waals surface area contributed by atoms with Crippen molar-refractivity contribution in [3.63, 3.8) is 0 Å². The van der Waals surface area contributed by atoms with Crippen molar-refractivity contribution in [1.82, 2.24) is 10.3 Å². The molecule has 3 rings (SSSR count). The number of thiazole rings is 1. The third-order valence-corrected chi connectivity index (χ3v) is 4.99. The molecule has 0 saturated carbocycles. The van der Waals surface area contributed by atoms with Crippen molar-refractivity contribution in [2.45, 2.75) is 19.3 Å². The van der Waals surface area contributed by atoms with E-state index in [0.717, 1.165) is 28.4 Å². The van der Waals surface area contributed by atoms with Gasteiger partial charge in [0, 0.05) is 30.3 Å². The normalized spacial score (nSPS) is 10.5. The van der Waals surface area contributed by atoms with E-state index in [4.69, 9.17) is 4.74 Å². The molecule has 4 nitrogen and oxygen atoms in total. The van der Waals surface area contributed by atoms with Crippen LogP contribution in [0.3, 0.4) is 0 Å². The molecule has 0 unspecified atom stereocenters. The van der Waals surface area contributed by atoms with Crippen LogP contribution in [-0.2, 0) is 17.6 Å². The van der Waals surface area contributed by atoms with E-state index in [1.165, 1.54) is 5.56 Å². The van der Waals surface area contributed by atoms with E-state index in [1.807, 2.05) is 47.8 Å². The highest BCUT2D eigenvalue weighted by molar-refractivity contribution is 7.09. The van der Waals surface area contributed by atoms with Gasteiger partial charge in [0.1, 0.15) is 5.75 Å². The summed E-state index contributed by atoms with van der Waals surface area (Å²) in [5.41, 5.74) is 3.23. The molecule has 2 aromatic carbocycles. The van der Waals surface area contributed by atoms with Crippen molar-refractivity contribution >= 4 is 17.2 Å². The van der Waals surface area contributed by atoms with Crippen molar-refractivity contribution in [3.8, 4) is 17.0 Å². The number of aryl methyl sites for hydroxylation is 1. The maximum Gasteiger partial charge on any atom is 0.220 e. The van der Waals surface area contributed by atoms with Gasteiger partial charge < -0.3 is 10.1 Å². The van der Waals surface area contributed by atoms with Gasteiger partial charge in [-0.15, -0.1) is 11.3 Å². The summed E-state index contributed by atoms with van der Waals surface area (Å²) in [6.07, 6.45) is 1.98. The minimum Gasteiger partial charge on any atom is -0.497 e. The lowest BCUT2D eigenvalue weighted by Crippen LogP contribution is -2.25. The highest BCUT2D eigenvalue weighted by Crippen LogP contribution is 2.24. The Hall–Kier alpha value is -2.66. The van der Waals surface area contributed by atoms with Gasteiger partial charge in [-0.2, -0.15) is 0 Å². The number of nitrogens with one attached hydrogen (secondary N) is 1. The average molecular weight is 366 g/mol. The number of methoxy groups -OCH3 is 1. The van der Waals surface area contributed by atoms with Crippen LogP contribution in [0.1, 0.15) is 17.0 Å². The van der Waals surface area contributed by atoms with E-state index in [0.29, 0.717) is 19.4 Å². The summed E-state index contributed by atoms with van der Waals surface area (Å²) in [6.45, 7) is 0.664. The minimum atomic E-state index is 0.0714. The Morgan fingerprint density at radius 3 is 2.58 bits per heavy atom. The van der Waals surface area contributed by atoms with Gasteiger partial charge in [0.15, 0.2) is 0 Å². The van der Waals surface area contributed by atoms with E-state index in [2.05, 4.69) is 22.4 Å². The fraction of sp³-hybridized carbons (Fsp3) is 0.238. The molecular weight excluding hydrogens is 344 g/mol. The molecule has 0 aliphatic heterocycles. The number of ether oxygens (including phenoxy) is 1. The Balaban J connectivity index is 1.44. The zero-order valence-electron chi connectivity index (χ0n) is 14.8. The Morgan fingerprint density at radius 2 is 1.85 bits per heavy atom. The molecule has 26 heavy (non-hydrogen) atoms. The first-order valence-corrected chi connectivity index (χ1v) is 9.52. The number of hydrogen-bond donors (Lipinski definition) is 1. The van der Waals surface area contributed by atoms with Gasteiger partial charge in [0.25, 0.3) is 0 Å². The number of rotatable bonds is 8. The van der Waals surface area contributed by atoms with Crippen LogP contribution in [0.15, 0.2) is 60.0 Å². The first kappa shape index (κ1) is 18.1. The summed E-state index contributed by atoms with van der Waals surface area (Å²) >= 11 is 1.59. The predicted octanol–water partition coefficient (Wildman–Crippen LogP) is 4.11. The largest absolute Gasteiger partial charge is 0.497 e. The number of carbonyl (C=O) groups is 1. The number of carbonyl (C=O) groups excluding carboxylic acids is 1. The van der Waals surface area contributed by atoms with Crippen molar-refractivity contribution in [2.75, 3.05) is 13.7 Å². The van der Waals surface area contributed by atoms with E-state index in [1.54, 1.807) is 18.4 Å². The molecule has 1 N–H and O–H groups in total. The average Bonchev–Trinajstić information content (AvgIpc) is 3.16. The molecule has 0 radical (unpaired) electrons. The maximum absolute atomic E-state index is 12.0. The monoisotopic (exact) mass is 366 g/mol. The molecular formula is C21H22N2O2S. The molecule has 0 spiro atoms. The fourth-order valence-corrected chi connectivity index (χ4v) is 3.43. The SMILES string of the molecule is COc1ccc(-c2csc(CCC(=O)NCCc3ccccc3)n2)cc1. The molecule has 1 heterocycles. The number of nitrogens with zero attached hydrogens (tertiary/aromatic N) is 1. The Morgan fingerprint density at radius 1 is 1.08 bits per heavy atom. The Labute approximate surface area is 157 Å². The zero-order chi connectivity index (χ0) is 18.2. The van der Waals surface area contributed by atoms with Crippen LogP contribution in [0.5, 0.6) is 5.75 Å². The van der Waals surface area contributed by atoms with Crippen LogP contribution in [0, 0.1) is 0 Å². The Kier molecular flexibility index (Phi) is 6.39. The molecule has 0 aliphatic carbocycles. The molecule has 5 heteroatoms. The van der Waals surface area contributed by atoms with Crippen LogP contribution in [0.2, 0.25) is 0 Å². The van der Waals surface area contributed by atoms with Gasteiger partial charge in [-0.25, -0.2) is 4.98 Å². The first-order chi connectivity index (χ1) is 12.7. The molecule has 1 amide bonds. The van der Waals surface area contributed by atoms with E-state index >= 15 is 0 Å². The summed E-state index contributed by atoms with van der Waals surface area (Å²) in [5.74, 6) is 0.901. The Bertz CT molecular complexity index is 829. The third-order valence-electron chi connectivity index (χ3n) is 4.08. The summed E-state index contributed by atoms with van der Waals surface area (Å²) in [7, 11) is 1.65. The number of aromatic nitrogens is 1. The van der Waals surface area contributed by atoms with E-state index in [9.17, 15) is 4.79 Å². The second-order valence-corrected chi connectivity index (χ2v) is 6.88. The second-order valence-electron chi connectivity index (χ2n) is 5.94. The van der Waals surface area contributed by atoms with E-state index < -0.39 is 0 Å². The van der Waals surface area contributed by atoms with Crippen LogP contribution in [0.4, 0.5) is 0 Å². The summed E-state index contributed by atoms with van der Waals surface area (Å²) in [6, 6.07) is 18.0. The minimum absolute atomic E-state index is 0.0714. The molecule has 0 bridgehead atoms. The molecule has 0 fully saturated rings. The van der Waals surface area contributed by atoms with Gasteiger partial charge >= 0.3 is 0 Å². The van der Waals surface area contributed by atoms with Gasteiger partial charge in [-0.05, 0) is 36.2 Å². The summed E-state index contributed by atoms with van der Waals surface area (Å²) < 4.78 is 5.17. The van der Waals surface area contributed by atoms with Crippen molar-refractivity contribution in [3.05, 3.63) is 70.5 Å². The quantitative estimate of drug-likeness (QED) is 0.653. The molecule has 134 valence electrons. The fourth-order valence-electron chi connectivity index (χ4n) is 2.62. The lowest BCUT2D eigenvalue weighted by molar-refractivity contribution is -0.121. The number of hydrogen-bond acceptors (Lipinski definition) is 4. The zero-order valence-corrected chi connectivity index (χ0v) is 15.6.